The summed E-state index contributed by atoms with van der Waals surface area (Å²) in [6, 6.07) is 13.4. The van der Waals surface area contributed by atoms with Gasteiger partial charge in [-0.3, -0.25) is 13.9 Å². The molecule has 0 spiro atoms. The van der Waals surface area contributed by atoms with Gasteiger partial charge in [-0.15, -0.1) is 0 Å². The molecule has 0 saturated heterocycles. The summed E-state index contributed by atoms with van der Waals surface area (Å²) >= 11 is 6.03. The van der Waals surface area contributed by atoms with Gasteiger partial charge in [0.1, 0.15) is 12.6 Å². The van der Waals surface area contributed by atoms with E-state index in [1.807, 2.05) is 32.9 Å². The fraction of sp³-hybridized carbons (Fsp3) is 0.500. The Hall–Kier alpha value is -2.58. The van der Waals surface area contributed by atoms with Crippen molar-refractivity contribution < 1.29 is 18.0 Å². The Kier molecular flexibility index (Phi) is 10.6. The zero-order chi connectivity index (χ0) is 28.0. The third kappa shape index (κ3) is 8.75. The summed E-state index contributed by atoms with van der Waals surface area (Å²) in [5, 5.41) is 3.52. The van der Waals surface area contributed by atoms with Crippen LogP contribution in [0.3, 0.4) is 0 Å². The first kappa shape index (κ1) is 30.6. The van der Waals surface area contributed by atoms with Gasteiger partial charge < -0.3 is 10.2 Å². The maximum Gasteiger partial charge on any atom is 0.244 e. The largest absolute Gasteiger partial charge is 0.352 e. The number of amides is 2. The summed E-state index contributed by atoms with van der Waals surface area (Å²) in [4.78, 5) is 28.4. The first-order valence-corrected chi connectivity index (χ1v) is 14.8. The highest BCUT2D eigenvalue weighted by molar-refractivity contribution is 7.92. The second-order valence-electron chi connectivity index (χ2n) is 10.5. The highest BCUT2D eigenvalue weighted by atomic mass is 35.5. The van der Waals surface area contributed by atoms with Crippen molar-refractivity contribution in [3.8, 4) is 0 Å². The van der Waals surface area contributed by atoms with Crippen LogP contribution in [0, 0.1) is 0 Å². The van der Waals surface area contributed by atoms with Crippen molar-refractivity contribution in [1.82, 2.24) is 10.2 Å². The smallest absolute Gasteiger partial charge is 0.244 e. The minimum atomic E-state index is -3.78. The predicted octanol–water partition coefficient (Wildman–Crippen LogP) is 5.13. The summed E-state index contributed by atoms with van der Waals surface area (Å²) < 4.78 is 26.7. The van der Waals surface area contributed by atoms with E-state index in [9.17, 15) is 18.0 Å². The minimum Gasteiger partial charge on any atom is -0.352 e. The molecular formula is C28H40ClN3O4S. The molecule has 1 N–H and O–H groups in total. The van der Waals surface area contributed by atoms with Gasteiger partial charge in [-0.05, 0) is 60.6 Å². The molecule has 2 amide bonds. The SMILES string of the molecule is CC[C@H](C(=O)N[C@@H](C)CC)N(Cc1ccc(Cl)cc1)C(=O)CN(c1ccc(C(C)(C)C)cc1)S(C)(=O)=O. The molecule has 7 nitrogen and oxygen atoms in total. The number of hydrogen-bond donors (Lipinski definition) is 1. The average molecular weight is 550 g/mol. The Morgan fingerprint density at radius 2 is 1.54 bits per heavy atom. The number of hydrogen-bond acceptors (Lipinski definition) is 4. The molecule has 0 unspecified atom stereocenters. The molecule has 0 heterocycles. The van der Waals surface area contributed by atoms with E-state index >= 15 is 0 Å². The maximum atomic E-state index is 13.7. The zero-order valence-electron chi connectivity index (χ0n) is 22.9. The van der Waals surface area contributed by atoms with Gasteiger partial charge in [0.2, 0.25) is 21.8 Å². The van der Waals surface area contributed by atoms with Crippen LogP contribution < -0.4 is 9.62 Å². The van der Waals surface area contributed by atoms with Crippen molar-refractivity contribution >= 4 is 39.1 Å². The molecule has 0 aromatic heterocycles. The number of benzene rings is 2. The number of carbonyl (C=O) groups is 2. The van der Waals surface area contributed by atoms with E-state index in [0.29, 0.717) is 17.1 Å². The quantitative estimate of drug-likeness (QED) is 0.421. The molecular weight excluding hydrogens is 510 g/mol. The van der Waals surface area contributed by atoms with E-state index in [4.69, 9.17) is 11.6 Å². The lowest BCUT2D eigenvalue weighted by Gasteiger charge is -2.33. The zero-order valence-corrected chi connectivity index (χ0v) is 24.5. The Labute approximate surface area is 227 Å². The van der Waals surface area contributed by atoms with Crippen LogP contribution in [0.2, 0.25) is 5.02 Å². The number of rotatable bonds is 11. The van der Waals surface area contributed by atoms with Gasteiger partial charge in [-0.25, -0.2) is 8.42 Å². The number of sulfonamides is 1. The highest BCUT2D eigenvalue weighted by Gasteiger charge is 2.32. The standard InChI is InChI=1S/C28H40ClN3O4S/c1-8-20(3)30-27(34)25(9-2)31(18-21-10-14-23(29)15-11-21)26(33)19-32(37(7,35)36)24-16-12-22(13-17-24)28(4,5)6/h10-17,20,25H,8-9,18-19H2,1-7H3,(H,30,34)/t20-,25+/m0/s1. The van der Waals surface area contributed by atoms with Crippen LogP contribution in [0.4, 0.5) is 5.69 Å². The summed E-state index contributed by atoms with van der Waals surface area (Å²) in [6.07, 6.45) is 2.20. The van der Waals surface area contributed by atoms with Gasteiger partial charge in [-0.2, -0.15) is 0 Å². The molecule has 204 valence electrons. The monoisotopic (exact) mass is 549 g/mol. The van der Waals surface area contributed by atoms with E-state index in [-0.39, 0.29) is 23.9 Å². The van der Waals surface area contributed by atoms with Gasteiger partial charge in [0, 0.05) is 17.6 Å². The summed E-state index contributed by atoms with van der Waals surface area (Å²) in [5.41, 5.74) is 2.13. The second kappa shape index (κ2) is 12.8. The average Bonchev–Trinajstić information content (AvgIpc) is 2.82. The Bertz CT molecular complexity index is 1160. The van der Waals surface area contributed by atoms with Crippen LogP contribution in [0.5, 0.6) is 0 Å². The van der Waals surface area contributed by atoms with Crippen LogP contribution >= 0.6 is 11.6 Å². The molecule has 0 fully saturated rings. The minimum absolute atomic E-state index is 0.0529. The molecule has 0 radical (unpaired) electrons. The lowest BCUT2D eigenvalue weighted by atomic mass is 9.87. The maximum absolute atomic E-state index is 13.7. The van der Waals surface area contributed by atoms with Crippen molar-refractivity contribution in [3.05, 3.63) is 64.7 Å². The van der Waals surface area contributed by atoms with Gasteiger partial charge in [-0.1, -0.05) is 70.5 Å². The van der Waals surface area contributed by atoms with E-state index < -0.39 is 28.5 Å². The molecule has 37 heavy (non-hydrogen) atoms. The van der Waals surface area contributed by atoms with E-state index in [0.717, 1.165) is 28.1 Å². The predicted molar refractivity (Wildman–Crippen MR) is 151 cm³/mol. The topological polar surface area (TPSA) is 86.8 Å². The van der Waals surface area contributed by atoms with Crippen LogP contribution in [-0.2, 0) is 31.6 Å². The second-order valence-corrected chi connectivity index (χ2v) is 12.8. The third-order valence-electron chi connectivity index (χ3n) is 6.35. The van der Waals surface area contributed by atoms with Crippen LogP contribution in [0.1, 0.15) is 65.5 Å². The van der Waals surface area contributed by atoms with Gasteiger partial charge >= 0.3 is 0 Å². The van der Waals surface area contributed by atoms with Gasteiger partial charge in [0.15, 0.2) is 0 Å². The molecule has 0 aliphatic heterocycles. The summed E-state index contributed by atoms with van der Waals surface area (Å²) in [5.74, 6) is -0.731. The van der Waals surface area contributed by atoms with Crippen molar-refractivity contribution in [2.75, 3.05) is 17.1 Å². The van der Waals surface area contributed by atoms with Gasteiger partial charge in [0.25, 0.3) is 0 Å². The van der Waals surface area contributed by atoms with E-state index in [2.05, 4.69) is 26.1 Å². The van der Waals surface area contributed by atoms with Crippen LogP contribution in [-0.4, -0.2) is 50.0 Å². The van der Waals surface area contributed by atoms with Crippen molar-refractivity contribution in [3.63, 3.8) is 0 Å². The highest BCUT2D eigenvalue weighted by Crippen LogP contribution is 2.26. The molecule has 9 heteroatoms. The molecule has 0 bridgehead atoms. The Morgan fingerprint density at radius 1 is 0.973 bits per heavy atom. The molecule has 2 aromatic rings. The number of anilines is 1. The molecule has 0 aliphatic rings. The van der Waals surface area contributed by atoms with E-state index in [1.54, 1.807) is 36.4 Å². The molecule has 2 atom stereocenters. The number of halogens is 1. The number of nitrogens with one attached hydrogen (secondary N) is 1. The van der Waals surface area contributed by atoms with Gasteiger partial charge in [0.05, 0.1) is 11.9 Å². The molecule has 2 rings (SSSR count). The first-order chi connectivity index (χ1) is 17.2. The first-order valence-electron chi connectivity index (χ1n) is 12.6. The third-order valence-corrected chi connectivity index (χ3v) is 7.75. The summed E-state index contributed by atoms with van der Waals surface area (Å²) in [7, 11) is -3.78. The fourth-order valence-electron chi connectivity index (χ4n) is 3.89. The van der Waals surface area contributed by atoms with Crippen LogP contribution in [0.25, 0.3) is 0 Å². The molecule has 2 aromatic carbocycles. The molecule has 0 saturated carbocycles. The summed E-state index contributed by atoms with van der Waals surface area (Å²) in [6.45, 7) is 11.7. The Balaban J connectivity index is 2.44. The lowest BCUT2D eigenvalue weighted by Crippen LogP contribution is -2.53. The number of nitrogens with zero attached hydrogens (tertiary/aromatic N) is 2. The van der Waals surface area contributed by atoms with Crippen molar-refractivity contribution in [2.24, 2.45) is 0 Å². The van der Waals surface area contributed by atoms with Crippen molar-refractivity contribution in [1.29, 1.82) is 0 Å². The van der Waals surface area contributed by atoms with E-state index in [1.165, 1.54) is 4.90 Å². The number of carbonyl (C=O) groups excluding carboxylic acids is 2. The Morgan fingerprint density at radius 3 is 2.00 bits per heavy atom. The fourth-order valence-corrected chi connectivity index (χ4v) is 4.86. The van der Waals surface area contributed by atoms with Crippen molar-refractivity contribution in [2.45, 2.75) is 78.4 Å². The lowest BCUT2D eigenvalue weighted by molar-refractivity contribution is -0.140. The normalized spacial score (nSPS) is 13.5. The molecule has 0 aliphatic carbocycles. The van der Waals surface area contributed by atoms with Crippen LogP contribution in [0.15, 0.2) is 48.5 Å².